The van der Waals surface area contributed by atoms with Gasteiger partial charge in [-0.1, -0.05) is 22.0 Å². The van der Waals surface area contributed by atoms with Crippen LogP contribution >= 0.6 is 15.9 Å². The number of carbonyl (C=O) groups excluding carboxylic acids is 1. The Hall–Kier alpha value is -1.81. The molecule has 0 unspecified atom stereocenters. The van der Waals surface area contributed by atoms with Gasteiger partial charge in [0, 0.05) is 17.6 Å². The number of morpholine rings is 1. The van der Waals surface area contributed by atoms with E-state index in [9.17, 15) is 17.6 Å². The van der Waals surface area contributed by atoms with Crippen LogP contribution in [-0.4, -0.2) is 45.0 Å². The van der Waals surface area contributed by atoms with Crippen molar-refractivity contribution in [2.24, 2.45) is 0 Å². The van der Waals surface area contributed by atoms with Crippen LogP contribution in [-0.2, 0) is 14.8 Å². The van der Waals surface area contributed by atoms with Gasteiger partial charge < -0.3 is 9.47 Å². The number of rotatable bonds is 4. The van der Waals surface area contributed by atoms with Gasteiger partial charge in [0.25, 0.3) is 0 Å². The van der Waals surface area contributed by atoms with E-state index in [-0.39, 0.29) is 29.3 Å². The van der Waals surface area contributed by atoms with Gasteiger partial charge in [-0.05, 0) is 36.4 Å². The summed E-state index contributed by atoms with van der Waals surface area (Å²) in [5, 5.41) is 0. The van der Waals surface area contributed by atoms with Gasteiger partial charge in [-0.15, -0.1) is 0 Å². The second-order valence-corrected chi connectivity index (χ2v) is 8.36. The third-order valence-electron chi connectivity index (χ3n) is 3.77. The Bertz CT molecular complexity index is 929. The lowest BCUT2D eigenvalue weighted by atomic mass is 10.2. The molecule has 0 amide bonds. The molecule has 0 bridgehead atoms. The SMILES string of the molecule is O=C(Oc1ccc(Br)cc1F)c1cccc(S(=O)(=O)N2CCOCC2)c1. The van der Waals surface area contributed by atoms with Crippen molar-refractivity contribution in [3.63, 3.8) is 0 Å². The molecule has 1 fully saturated rings. The molecule has 0 aliphatic carbocycles. The van der Waals surface area contributed by atoms with Crippen LogP contribution in [0.4, 0.5) is 4.39 Å². The van der Waals surface area contributed by atoms with Crippen LogP contribution in [0.3, 0.4) is 0 Å². The van der Waals surface area contributed by atoms with E-state index in [0.29, 0.717) is 17.7 Å². The van der Waals surface area contributed by atoms with Crippen LogP contribution in [0.5, 0.6) is 5.75 Å². The smallest absolute Gasteiger partial charge is 0.343 e. The molecule has 9 heteroatoms. The number of benzene rings is 2. The second-order valence-electron chi connectivity index (χ2n) is 5.51. The third kappa shape index (κ3) is 4.12. The molecule has 2 aromatic carbocycles. The summed E-state index contributed by atoms with van der Waals surface area (Å²) in [4.78, 5) is 12.3. The van der Waals surface area contributed by atoms with Crippen LogP contribution in [0.1, 0.15) is 10.4 Å². The van der Waals surface area contributed by atoms with Crippen LogP contribution < -0.4 is 4.74 Å². The number of sulfonamides is 1. The van der Waals surface area contributed by atoms with Gasteiger partial charge in [-0.3, -0.25) is 0 Å². The van der Waals surface area contributed by atoms with Gasteiger partial charge in [0.2, 0.25) is 10.0 Å². The number of nitrogens with zero attached hydrogens (tertiary/aromatic N) is 1. The number of esters is 1. The van der Waals surface area contributed by atoms with Gasteiger partial charge in [0.05, 0.1) is 23.7 Å². The fourth-order valence-corrected chi connectivity index (χ4v) is 4.22. The Morgan fingerprint density at radius 3 is 2.58 bits per heavy atom. The Morgan fingerprint density at radius 2 is 1.88 bits per heavy atom. The van der Waals surface area contributed by atoms with E-state index in [4.69, 9.17) is 9.47 Å². The van der Waals surface area contributed by atoms with Crippen LogP contribution in [0, 0.1) is 5.82 Å². The van der Waals surface area contributed by atoms with E-state index in [1.807, 2.05) is 0 Å². The summed E-state index contributed by atoms with van der Waals surface area (Å²) in [5.41, 5.74) is 0.0154. The largest absolute Gasteiger partial charge is 0.420 e. The van der Waals surface area contributed by atoms with Crippen molar-refractivity contribution >= 4 is 31.9 Å². The molecule has 1 heterocycles. The first-order valence-electron chi connectivity index (χ1n) is 7.73. The van der Waals surface area contributed by atoms with Crippen molar-refractivity contribution in [2.75, 3.05) is 26.3 Å². The topological polar surface area (TPSA) is 72.9 Å². The van der Waals surface area contributed by atoms with Gasteiger partial charge in [-0.2, -0.15) is 4.31 Å². The Morgan fingerprint density at radius 1 is 1.15 bits per heavy atom. The number of hydrogen-bond acceptors (Lipinski definition) is 5. The van der Waals surface area contributed by atoms with Crippen molar-refractivity contribution in [1.29, 1.82) is 0 Å². The lowest BCUT2D eigenvalue weighted by molar-refractivity contribution is 0.0724. The van der Waals surface area contributed by atoms with Crippen LogP contribution in [0.2, 0.25) is 0 Å². The molecule has 0 radical (unpaired) electrons. The fourth-order valence-electron chi connectivity index (χ4n) is 2.44. The van der Waals surface area contributed by atoms with Gasteiger partial charge in [-0.25, -0.2) is 17.6 Å². The minimum Gasteiger partial charge on any atom is -0.420 e. The molecule has 6 nitrogen and oxygen atoms in total. The van der Waals surface area contributed by atoms with Crippen LogP contribution in [0.15, 0.2) is 51.8 Å². The molecule has 0 aromatic heterocycles. The van der Waals surface area contributed by atoms with E-state index in [1.54, 1.807) is 0 Å². The predicted molar refractivity (Wildman–Crippen MR) is 95.1 cm³/mol. The normalized spacial score (nSPS) is 15.6. The summed E-state index contributed by atoms with van der Waals surface area (Å²) in [5.74, 6) is -1.78. The molecule has 0 spiro atoms. The van der Waals surface area contributed by atoms with Gasteiger partial charge >= 0.3 is 5.97 Å². The molecular weight excluding hydrogens is 429 g/mol. The molecule has 0 atom stereocenters. The van der Waals surface area contributed by atoms with Crippen LogP contribution in [0.25, 0.3) is 0 Å². The quantitative estimate of drug-likeness (QED) is 0.536. The summed E-state index contributed by atoms with van der Waals surface area (Å²) in [6, 6.07) is 9.50. The maximum Gasteiger partial charge on any atom is 0.343 e. The van der Waals surface area contributed by atoms with E-state index in [1.165, 1.54) is 46.8 Å². The molecular formula is C17H15BrFNO5S. The number of halogens is 2. The number of hydrogen-bond donors (Lipinski definition) is 0. The number of carbonyl (C=O) groups is 1. The first-order chi connectivity index (χ1) is 12.4. The molecule has 26 heavy (non-hydrogen) atoms. The Balaban J connectivity index is 1.83. The second kappa shape index (κ2) is 7.83. The zero-order valence-corrected chi connectivity index (χ0v) is 15.9. The maximum absolute atomic E-state index is 13.8. The highest BCUT2D eigenvalue weighted by molar-refractivity contribution is 9.10. The Kier molecular flexibility index (Phi) is 5.71. The minimum atomic E-state index is -3.74. The molecule has 1 saturated heterocycles. The van der Waals surface area contributed by atoms with E-state index in [0.717, 1.165) is 0 Å². The lowest BCUT2D eigenvalue weighted by Gasteiger charge is -2.26. The van der Waals surface area contributed by atoms with Crippen molar-refractivity contribution in [1.82, 2.24) is 4.31 Å². The lowest BCUT2D eigenvalue weighted by Crippen LogP contribution is -2.40. The zero-order chi connectivity index (χ0) is 18.7. The van der Waals surface area contributed by atoms with Crippen molar-refractivity contribution in [3.8, 4) is 5.75 Å². The summed E-state index contributed by atoms with van der Waals surface area (Å²) in [6.07, 6.45) is 0. The predicted octanol–water partition coefficient (Wildman–Crippen LogP) is 2.83. The minimum absolute atomic E-state index is 0.0154. The molecule has 1 aliphatic rings. The molecule has 138 valence electrons. The van der Waals surface area contributed by atoms with Crippen molar-refractivity contribution < 1.29 is 27.1 Å². The van der Waals surface area contributed by atoms with Gasteiger partial charge in [0.15, 0.2) is 11.6 Å². The summed E-state index contributed by atoms with van der Waals surface area (Å²) < 4.78 is 51.2. The highest BCUT2D eigenvalue weighted by atomic mass is 79.9. The van der Waals surface area contributed by atoms with Gasteiger partial charge in [0.1, 0.15) is 0 Å². The molecule has 0 saturated carbocycles. The maximum atomic E-state index is 13.8. The molecule has 3 rings (SSSR count). The van der Waals surface area contributed by atoms with Crippen molar-refractivity contribution in [2.45, 2.75) is 4.90 Å². The Labute approximate surface area is 158 Å². The molecule has 0 N–H and O–H groups in total. The third-order valence-corrected chi connectivity index (χ3v) is 6.16. The molecule has 1 aliphatic heterocycles. The average Bonchev–Trinajstić information content (AvgIpc) is 2.65. The molecule has 2 aromatic rings. The van der Waals surface area contributed by atoms with E-state index in [2.05, 4.69) is 15.9 Å². The highest BCUT2D eigenvalue weighted by Crippen LogP contribution is 2.23. The first-order valence-corrected chi connectivity index (χ1v) is 9.96. The van der Waals surface area contributed by atoms with Crippen molar-refractivity contribution in [3.05, 3.63) is 58.3 Å². The van der Waals surface area contributed by atoms with E-state index >= 15 is 0 Å². The standard InChI is InChI=1S/C17H15BrFNO5S/c18-13-4-5-16(15(19)11-13)25-17(21)12-2-1-3-14(10-12)26(22,23)20-6-8-24-9-7-20/h1-5,10-11H,6-9H2. The summed E-state index contributed by atoms with van der Waals surface area (Å²) in [6.45, 7) is 1.15. The monoisotopic (exact) mass is 443 g/mol. The first kappa shape index (κ1) is 19.0. The number of ether oxygens (including phenoxy) is 2. The summed E-state index contributed by atoms with van der Waals surface area (Å²) in [7, 11) is -3.74. The fraction of sp³-hybridized carbons (Fsp3) is 0.235. The highest BCUT2D eigenvalue weighted by Gasteiger charge is 2.27. The average molecular weight is 444 g/mol. The zero-order valence-electron chi connectivity index (χ0n) is 13.5. The summed E-state index contributed by atoms with van der Waals surface area (Å²) >= 11 is 3.12. The van der Waals surface area contributed by atoms with E-state index < -0.39 is 21.8 Å².